The van der Waals surface area contributed by atoms with E-state index in [1.165, 1.54) is 18.2 Å². The Kier molecular flexibility index (Phi) is 7.19. The molecular weight excluding hydrogens is 549 g/mol. The van der Waals surface area contributed by atoms with Crippen LogP contribution in [0.25, 0.3) is 32.9 Å². The lowest BCUT2D eigenvalue weighted by Crippen LogP contribution is -2.45. The number of terminal acetylenes is 1. The average Bonchev–Trinajstić information content (AvgIpc) is 3.77. The van der Waals surface area contributed by atoms with E-state index in [4.69, 9.17) is 11.2 Å². The number of aliphatic hydroxyl groups excluding tert-OH is 1. The third kappa shape index (κ3) is 4.69. The number of pyridine rings is 1. The maximum atomic E-state index is 16.6. The van der Waals surface area contributed by atoms with Crippen molar-refractivity contribution >= 4 is 27.5 Å². The summed E-state index contributed by atoms with van der Waals surface area (Å²) in [5.41, 5.74) is -1.61. The Balaban J connectivity index is 1.60. The number of nitrogens with zero attached hydrogens (tertiary/aromatic N) is 3. The molecule has 8 nitrogen and oxygen atoms in total. The molecule has 218 valence electrons. The number of aromatic nitrogens is 3. The first-order chi connectivity index (χ1) is 20.2. The van der Waals surface area contributed by atoms with Crippen LogP contribution in [0.15, 0.2) is 29.1 Å². The SMILES string of the molecule is C#Cc1c(F)ccc2cc(O)cc(-c3[nH]c(=O)c4c(N5CCC6CC6C5CO)nc(OC[C@@H](C)CCF)nc4c3F)c12. The van der Waals surface area contributed by atoms with Gasteiger partial charge in [0.2, 0.25) is 0 Å². The Labute approximate surface area is 239 Å². The Hall–Kier alpha value is -4.30. The van der Waals surface area contributed by atoms with E-state index >= 15 is 4.39 Å². The summed E-state index contributed by atoms with van der Waals surface area (Å²) in [6, 6.07) is 4.57. The van der Waals surface area contributed by atoms with Gasteiger partial charge in [0.15, 0.2) is 5.82 Å². The molecule has 3 unspecified atom stereocenters. The minimum absolute atomic E-state index is 0.0276. The molecule has 3 N–H and O–H groups in total. The van der Waals surface area contributed by atoms with Crippen LogP contribution in [-0.2, 0) is 0 Å². The Morgan fingerprint density at radius 2 is 2.07 bits per heavy atom. The van der Waals surface area contributed by atoms with Crippen LogP contribution in [0, 0.1) is 41.7 Å². The number of nitrogens with one attached hydrogen (secondary N) is 1. The van der Waals surface area contributed by atoms with Crippen molar-refractivity contribution in [3.05, 3.63) is 51.8 Å². The van der Waals surface area contributed by atoms with Crippen molar-refractivity contribution < 1.29 is 28.1 Å². The van der Waals surface area contributed by atoms with E-state index < -0.39 is 23.9 Å². The molecule has 2 fully saturated rings. The normalized spacial score (nSPS) is 20.4. The largest absolute Gasteiger partial charge is 0.508 e. The van der Waals surface area contributed by atoms with E-state index in [0.29, 0.717) is 17.8 Å². The minimum atomic E-state index is -0.962. The van der Waals surface area contributed by atoms with Crippen LogP contribution in [-0.4, -0.2) is 57.6 Å². The molecule has 1 aliphatic carbocycles. The number of aromatic amines is 1. The van der Waals surface area contributed by atoms with Crippen LogP contribution >= 0.6 is 0 Å². The van der Waals surface area contributed by atoms with E-state index in [9.17, 15) is 23.8 Å². The summed E-state index contributed by atoms with van der Waals surface area (Å²) in [6.07, 6.45) is 7.62. The number of hydrogen-bond donors (Lipinski definition) is 3. The molecule has 42 heavy (non-hydrogen) atoms. The number of aromatic hydroxyl groups is 1. The van der Waals surface area contributed by atoms with Crippen molar-refractivity contribution in [3.63, 3.8) is 0 Å². The summed E-state index contributed by atoms with van der Waals surface area (Å²) < 4.78 is 49.9. The van der Waals surface area contributed by atoms with Crippen LogP contribution in [0.5, 0.6) is 11.8 Å². The summed E-state index contributed by atoms with van der Waals surface area (Å²) in [5, 5.41) is 21.0. The summed E-state index contributed by atoms with van der Waals surface area (Å²) in [4.78, 5) is 26.9. The third-order valence-corrected chi connectivity index (χ3v) is 8.40. The maximum Gasteiger partial charge on any atom is 0.319 e. The number of phenolic OH excluding ortho intramolecular Hbond substituents is 1. The van der Waals surface area contributed by atoms with Crippen LogP contribution in [0.2, 0.25) is 0 Å². The zero-order valence-electron chi connectivity index (χ0n) is 22.8. The molecule has 4 atom stereocenters. The van der Waals surface area contributed by atoms with Crippen molar-refractivity contribution in [1.82, 2.24) is 15.0 Å². The molecular formula is C31H29F3N4O4. The van der Waals surface area contributed by atoms with Crippen molar-refractivity contribution in [2.24, 2.45) is 17.8 Å². The second-order valence-electron chi connectivity index (χ2n) is 11.1. The van der Waals surface area contributed by atoms with Crippen molar-refractivity contribution in [1.29, 1.82) is 0 Å². The van der Waals surface area contributed by atoms with Crippen LogP contribution < -0.4 is 15.2 Å². The predicted octanol–water partition coefficient (Wildman–Crippen LogP) is 4.69. The molecule has 0 bridgehead atoms. The van der Waals surface area contributed by atoms with Gasteiger partial charge in [-0.15, -0.1) is 6.42 Å². The highest BCUT2D eigenvalue weighted by atomic mass is 19.1. The molecule has 2 aliphatic rings. The van der Waals surface area contributed by atoms with Gasteiger partial charge in [-0.3, -0.25) is 9.18 Å². The van der Waals surface area contributed by atoms with Gasteiger partial charge in [0.1, 0.15) is 28.3 Å². The molecule has 11 heteroatoms. The number of fused-ring (bicyclic) bond motifs is 3. The fourth-order valence-electron chi connectivity index (χ4n) is 6.13. The summed E-state index contributed by atoms with van der Waals surface area (Å²) in [5.74, 6) is 1.00. The fourth-order valence-corrected chi connectivity index (χ4v) is 6.13. The van der Waals surface area contributed by atoms with Gasteiger partial charge in [-0.25, -0.2) is 8.78 Å². The maximum absolute atomic E-state index is 16.6. The van der Waals surface area contributed by atoms with E-state index in [1.54, 1.807) is 11.8 Å². The molecule has 1 saturated heterocycles. The van der Waals surface area contributed by atoms with E-state index in [1.807, 2.05) is 0 Å². The van der Waals surface area contributed by atoms with Gasteiger partial charge in [-0.1, -0.05) is 18.9 Å². The van der Waals surface area contributed by atoms with Crippen molar-refractivity contribution in [3.8, 4) is 35.4 Å². The number of alkyl halides is 1. The first-order valence-electron chi connectivity index (χ1n) is 13.9. The third-order valence-electron chi connectivity index (χ3n) is 8.40. The van der Waals surface area contributed by atoms with Crippen LogP contribution in [0.3, 0.4) is 0 Å². The van der Waals surface area contributed by atoms with Gasteiger partial charge in [-0.2, -0.15) is 9.97 Å². The minimum Gasteiger partial charge on any atom is -0.508 e. The Morgan fingerprint density at radius 1 is 1.26 bits per heavy atom. The summed E-state index contributed by atoms with van der Waals surface area (Å²) in [6.45, 7) is 1.63. The van der Waals surface area contributed by atoms with Gasteiger partial charge in [0.05, 0.1) is 37.2 Å². The number of piperidine rings is 1. The van der Waals surface area contributed by atoms with Gasteiger partial charge < -0.3 is 24.8 Å². The number of rotatable bonds is 8. The average molecular weight is 579 g/mol. The van der Waals surface area contributed by atoms with Crippen molar-refractivity contribution in [2.75, 3.05) is 31.3 Å². The van der Waals surface area contributed by atoms with Gasteiger partial charge >= 0.3 is 6.01 Å². The molecule has 1 saturated carbocycles. The zero-order valence-corrected chi connectivity index (χ0v) is 22.8. The lowest BCUT2D eigenvalue weighted by molar-refractivity contribution is 0.222. The molecule has 0 radical (unpaired) electrons. The Bertz CT molecular complexity index is 1800. The number of phenols is 1. The molecule has 0 spiro atoms. The zero-order chi connectivity index (χ0) is 29.7. The number of hydrogen-bond acceptors (Lipinski definition) is 7. The van der Waals surface area contributed by atoms with Gasteiger partial charge in [0.25, 0.3) is 5.56 Å². The highest BCUT2D eigenvalue weighted by molar-refractivity contribution is 6.03. The van der Waals surface area contributed by atoms with Gasteiger partial charge in [-0.05, 0) is 60.6 Å². The molecule has 4 aromatic rings. The van der Waals surface area contributed by atoms with Crippen molar-refractivity contribution in [2.45, 2.75) is 32.2 Å². The monoisotopic (exact) mass is 578 g/mol. The predicted molar refractivity (Wildman–Crippen MR) is 152 cm³/mol. The summed E-state index contributed by atoms with van der Waals surface area (Å²) >= 11 is 0. The second-order valence-corrected chi connectivity index (χ2v) is 11.1. The van der Waals surface area contributed by atoms with Crippen LogP contribution in [0.4, 0.5) is 19.0 Å². The quantitative estimate of drug-likeness (QED) is 0.260. The first kappa shape index (κ1) is 27.8. The number of halogens is 3. The lowest BCUT2D eigenvalue weighted by Gasteiger charge is -2.36. The smallest absolute Gasteiger partial charge is 0.319 e. The molecule has 2 aromatic heterocycles. The number of benzene rings is 2. The topological polar surface area (TPSA) is 112 Å². The number of H-pyrrole nitrogens is 1. The lowest BCUT2D eigenvalue weighted by atomic mass is 9.95. The molecule has 6 rings (SSSR count). The van der Waals surface area contributed by atoms with E-state index in [-0.39, 0.29) is 88.2 Å². The second kappa shape index (κ2) is 10.8. The number of ether oxygens (including phenoxy) is 1. The standard InChI is InChI=1S/C31H29F3N4O4/c1-3-19-22(33)5-4-17-10-18(40)12-21(24(17)19)27-26(34)28-25(30(41)35-27)29(37-31(36-28)42-14-15(2)6-8-32)38-9-7-16-11-20(16)23(38)13-39/h1,4-5,10,12,15-16,20,23,39-40H,6-9,11,13-14H2,2H3,(H,35,41)/t15-,16?,20?,23?/m0/s1. The Morgan fingerprint density at radius 3 is 2.81 bits per heavy atom. The number of aliphatic hydroxyl groups is 1. The molecule has 1 aliphatic heterocycles. The highest BCUT2D eigenvalue weighted by Crippen LogP contribution is 2.50. The molecule has 2 aromatic carbocycles. The molecule has 0 amide bonds. The summed E-state index contributed by atoms with van der Waals surface area (Å²) in [7, 11) is 0. The van der Waals surface area contributed by atoms with E-state index in [0.717, 1.165) is 18.9 Å². The fraction of sp³-hybridized carbons (Fsp3) is 0.387. The first-order valence-corrected chi connectivity index (χ1v) is 13.9. The molecule has 3 heterocycles. The van der Waals surface area contributed by atoms with E-state index in [2.05, 4.69) is 20.9 Å². The van der Waals surface area contributed by atoms with Gasteiger partial charge in [0, 0.05) is 17.5 Å². The van der Waals surface area contributed by atoms with Crippen LogP contribution in [0.1, 0.15) is 31.7 Å². The highest BCUT2D eigenvalue weighted by Gasteiger charge is 2.49. The number of anilines is 1.